The normalized spacial score (nSPS) is 18.9. The lowest BCUT2D eigenvalue weighted by molar-refractivity contribution is -0.137. The predicted molar refractivity (Wildman–Crippen MR) is 81.2 cm³/mol. The molecule has 1 saturated heterocycles. The third-order valence-electron chi connectivity index (χ3n) is 3.45. The van der Waals surface area contributed by atoms with Crippen LogP contribution in [0.1, 0.15) is 46.5 Å². The minimum absolute atomic E-state index is 0.0646. The van der Waals surface area contributed by atoms with E-state index in [1.807, 2.05) is 25.2 Å². The van der Waals surface area contributed by atoms with E-state index in [9.17, 15) is 9.59 Å². The lowest BCUT2D eigenvalue weighted by Gasteiger charge is -2.24. The third-order valence-corrected chi connectivity index (χ3v) is 3.45. The highest BCUT2D eigenvalue weighted by atomic mass is 16.2. The van der Waals surface area contributed by atoms with Crippen LogP contribution < -0.4 is 5.32 Å². The molecule has 0 saturated carbocycles. The topological polar surface area (TPSA) is 49.4 Å². The van der Waals surface area contributed by atoms with Crippen molar-refractivity contribution in [1.82, 2.24) is 10.2 Å². The number of nitrogens with one attached hydrogen (secondary N) is 1. The Morgan fingerprint density at radius 1 is 1.35 bits per heavy atom. The minimum Gasteiger partial charge on any atom is -0.352 e. The van der Waals surface area contributed by atoms with Crippen LogP contribution in [0.4, 0.5) is 0 Å². The lowest BCUT2D eigenvalue weighted by atomic mass is 10.2. The zero-order chi connectivity index (χ0) is 15.0. The molecular formula is C16H26N2O2. The van der Waals surface area contributed by atoms with Crippen LogP contribution >= 0.6 is 0 Å². The van der Waals surface area contributed by atoms with Gasteiger partial charge in [-0.2, -0.15) is 0 Å². The van der Waals surface area contributed by atoms with E-state index in [4.69, 9.17) is 0 Å². The number of carbonyl (C=O) groups excluding carboxylic acids is 2. The molecule has 112 valence electrons. The predicted octanol–water partition coefficient (Wildman–Crippen LogP) is 2.41. The van der Waals surface area contributed by atoms with E-state index >= 15 is 0 Å². The minimum atomic E-state index is -0.364. The van der Waals surface area contributed by atoms with Gasteiger partial charge in [0, 0.05) is 19.0 Å². The molecule has 1 rings (SSSR count). The number of carbonyl (C=O) groups is 2. The summed E-state index contributed by atoms with van der Waals surface area (Å²) in [6.45, 7) is 6.56. The molecule has 0 aromatic heterocycles. The summed E-state index contributed by atoms with van der Waals surface area (Å²) in [5.41, 5.74) is 0. The molecule has 1 aliphatic heterocycles. The van der Waals surface area contributed by atoms with E-state index in [0.29, 0.717) is 13.0 Å². The Balaban J connectivity index is 2.35. The molecule has 0 bridgehead atoms. The van der Waals surface area contributed by atoms with E-state index in [2.05, 4.69) is 18.3 Å². The number of likely N-dealkylation sites (tertiary alicyclic amines) is 1. The van der Waals surface area contributed by atoms with Crippen LogP contribution in [0.15, 0.2) is 24.3 Å². The van der Waals surface area contributed by atoms with Gasteiger partial charge in [-0.15, -0.1) is 0 Å². The van der Waals surface area contributed by atoms with E-state index in [0.717, 1.165) is 19.3 Å². The first-order chi connectivity index (χ1) is 9.56. The van der Waals surface area contributed by atoms with Crippen LogP contribution in [-0.2, 0) is 9.59 Å². The first-order valence-electron chi connectivity index (χ1n) is 7.47. The maximum absolute atomic E-state index is 12.1. The van der Waals surface area contributed by atoms with Crippen LogP contribution in [-0.4, -0.2) is 35.3 Å². The summed E-state index contributed by atoms with van der Waals surface area (Å²) in [6, 6.07) is -0.287. The van der Waals surface area contributed by atoms with Gasteiger partial charge in [-0.1, -0.05) is 31.2 Å². The van der Waals surface area contributed by atoms with Crippen molar-refractivity contribution in [2.45, 2.75) is 58.5 Å². The molecule has 0 radical (unpaired) electrons. The number of hydrogen-bond acceptors (Lipinski definition) is 2. The van der Waals surface area contributed by atoms with Gasteiger partial charge >= 0.3 is 0 Å². The molecule has 1 heterocycles. The van der Waals surface area contributed by atoms with Gasteiger partial charge in [0.05, 0.1) is 0 Å². The zero-order valence-corrected chi connectivity index (χ0v) is 12.8. The summed E-state index contributed by atoms with van der Waals surface area (Å²) in [4.78, 5) is 25.4. The van der Waals surface area contributed by atoms with E-state index < -0.39 is 0 Å². The van der Waals surface area contributed by atoms with Gasteiger partial charge in [0.2, 0.25) is 11.8 Å². The van der Waals surface area contributed by atoms with Crippen LogP contribution in [0.2, 0.25) is 0 Å². The van der Waals surface area contributed by atoms with E-state index in [1.165, 1.54) is 0 Å². The van der Waals surface area contributed by atoms with Crippen molar-refractivity contribution >= 4 is 11.8 Å². The van der Waals surface area contributed by atoms with Gasteiger partial charge in [-0.3, -0.25) is 9.59 Å². The standard InChI is InChI=1S/C16H26N2O2/c1-4-5-6-7-8-10-13(2)17-16(20)14(3)18-12-9-11-15(18)19/h5-8,13-14H,4,9-12H2,1-3H3,(H,17,20)/b6-5-,8-7-. The van der Waals surface area contributed by atoms with E-state index in [-0.39, 0.29) is 23.9 Å². The molecule has 2 unspecified atom stereocenters. The summed E-state index contributed by atoms with van der Waals surface area (Å²) >= 11 is 0. The van der Waals surface area contributed by atoms with Crippen molar-refractivity contribution in [2.75, 3.05) is 6.54 Å². The lowest BCUT2D eigenvalue weighted by Crippen LogP contribution is -2.47. The number of hydrogen-bond donors (Lipinski definition) is 1. The quantitative estimate of drug-likeness (QED) is 0.727. The Morgan fingerprint density at radius 3 is 2.65 bits per heavy atom. The van der Waals surface area contributed by atoms with Crippen LogP contribution in [0.3, 0.4) is 0 Å². The van der Waals surface area contributed by atoms with Crippen LogP contribution in [0.5, 0.6) is 0 Å². The first-order valence-corrected chi connectivity index (χ1v) is 7.47. The average molecular weight is 278 g/mol. The molecule has 1 N–H and O–H groups in total. The fraction of sp³-hybridized carbons (Fsp3) is 0.625. The van der Waals surface area contributed by atoms with Gasteiger partial charge in [0.15, 0.2) is 0 Å². The molecule has 4 heteroatoms. The molecule has 0 spiro atoms. The Hall–Kier alpha value is -1.58. The average Bonchev–Trinajstić information content (AvgIpc) is 2.83. The first kappa shape index (κ1) is 16.5. The van der Waals surface area contributed by atoms with Gasteiger partial charge in [-0.05, 0) is 33.1 Å². The molecule has 0 aliphatic carbocycles. The van der Waals surface area contributed by atoms with Crippen molar-refractivity contribution < 1.29 is 9.59 Å². The van der Waals surface area contributed by atoms with Gasteiger partial charge in [0.25, 0.3) is 0 Å². The SMILES string of the molecule is CC/C=C\C=C/CC(C)NC(=O)C(C)N1CCCC1=O. The Labute approximate surface area is 121 Å². The molecule has 1 aliphatic rings. The number of allylic oxidation sites excluding steroid dienone is 3. The summed E-state index contributed by atoms with van der Waals surface area (Å²) < 4.78 is 0. The van der Waals surface area contributed by atoms with Gasteiger partial charge < -0.3 is 10.2 Å². The van der Waals surface area contributed by atoms with E-state index in [1.54, 1.807) is 11.8 Å². The fourth-order valence-corrected chi connectivity index (χ4v) is 2.22. The third kappa shape index (κ3) is 5.19. The van der Waals surface area contributed by atoms with Crippen LogP contribution in [0, 0.1) is 0 Å². The van der Waals surface area contributed by atoms with Crippen molar-refractivity contribution in [3.05, 3.63) is 24.3 Å². The van der Waals surface area contributed by atoms with Gasteiger partial charge in [0.1, 0.15) is 6.04 Å². The highest BCUT2D eigenvalue weighted by molar-refractivity contribution is 5.88. The largest absolute Gasteiger partial charge is 0.352 e. The molecule has 1 fully saturated rings. The zero-order valence-electron chi connectivity index (χ0n) is 12.8. The maximum Gasteiger partial charge on any atom is 0.242 e. The van der Waals surface area contributed by atoms with Crippen molar-refractivity contribution in [2.24, 2.45) is 0 Å². The summed E-state index contributed by atoms with van der Waals surface area (Å²) in [5, 5.41) is 2.96. The number of rotatable bonds is 7. The van der Waals surface area contributed by atoms with Crippen molar-refractivity contribution in [3.63, 3.8) is 0 Å². The summed E-state index contributed by atoms with van der Waals surface area (Å²) in [6.07, 6.45) is 11.4. The highest BCUT2D eigenvalue weighted by Gasteiger charge is 2.29. The van der Waals surface area contributed by atoms with Crippen molar-refractivity contribution in [3.8, 4) is 0 Å². The summed E-state index contributed by atoms with van der Waals surface area (Å²) in [7, 11) is 0. The second-order valence-corrected chi connectivity index (χ2v) is 5.28. The monoisotopic (exact) mass is 278 g/mol. The number of nitrogens with zero attached hydrogens (tertiary/aromatic N) is 1. The summed E-state index contributed by atoms with van der Waals surface area (Å²) in [5.74, 6) is 0.0233. The fourth-order valence-electron chi connectivity index (χ4n) is 2.22. The highest BCUT2D eigenvalue weighted by Crippen LogP contribution is 2.13. The maximum atomic E-state index is 12.1. The Kier molecular flexibility index (Phi) is 7.05. The van der Waals surface area contributed by atoms with Gasteiger partial charge in [-0.25, -0.2) is 0 Å². The smallest absolute Gasteiger partial charge is 0.242 e. The Bertz CT molecular complexity index is 388. The molecule has 20 heavy (non-hydrogen) atoms. The van der Waals surface area contributed by atoms with Crippen molar-refractivity contribution in [1.29, 1.82) is 0 Å². The molecule has 0 aromatic rings. The molecular weight excluding hydrogens is 252 g/mol. The molecule has 0 aromatic carbocycles. The molecule has 2 amide bonds. The second-order valence-electron chi connectivity index (χ2n) is 5.28. The Morgan fingerprint density at radius 2 is 2.05 bits per heavy atom. The second kappa shape index (κ2) is 8.56. The molecule has 2 atom stereocenters. The van der Waals surface area contributed by atoms with Crippen LogP contribution in [0.25, 0.3) is 0 Å². The number of amides is 2. The molecule has 4 nitrogen and oxygen atoms in total.